The van der Waals surface area contributed by atoms with Crippen molar-refractivity contribution in [3.63, 3.8) is 0 Å². The second-order valence-corrected chi connectivity index (χ2v) is 8.54. The second kappa shape index (κ2) is 11.4. The van der Waals surface area contributed by atoms with E-state index < -0.39 is 11.8 Å². The van der Waals surface area contributed by atoms with Crippen LogP contribution in [-0.2, 0) is 19.1 Å². The van der Waals surface area contributed by atoms with Gasteiger partial charge in [0, 0.05) is 11.4 Å². The van der Waals surface area contributed by atoms with Crippen LogP contribution in [0.4, 0.5) is 5.69 Å². The van der Waals surface area contributed by atoms with Crippen LogP contribution >= 0.6 is 0 Å². The minimum absolute atomic E-state index is 0.00769. The molecular weight excluding hydrogens is 468 g/mol. The number of para-hydroxylation sites is 1. The molecule has 0 saturated heterocycles. The van der Waals surface area contributed by atoms with E-state index >= 15 is 0 Å². The van der Waals surface area contributed by atoms with E-state index in [1.807, 2.05) is 67.6 Å². The van der Waals surface area contributed by atoms with Gasteiger partial charge in [-0.15, -0.1) is 0 Å². The highest BCUT2D eigenvalue weighted by molar-refractivity contribution is 6.30. The third-order valence-electron chi connectivity index (χ3n) is 6.03. The molecular formula is C30H28N2O5. The van der Waals surface area contributed by atoms with E-state index in [-0.39, 0.29) is 24.1 Å². The van der Waals surface area contributed by atoms with Gasteiger partial charge in [0.15, 0.2) is 6.61 Å². The zero-order valence-corrected chi connectivity index (χ0v) is 20.9. The Hall–Kier alpha value is -4.65. The standard InChI is InChI=1S/C30H28N2O5/c1-20(23-10-6-4-7-11-23)31-27(33)19-37-25-16-14-22(15-17-25)18-26-29(34)28(30(35)36-3)21(2)32(26)24-12-8-5-9-13-24/h4-18,20H,19H2,1-3H3,(H,31,33)/b26-18-/t20-/m0/s1. The number of allylic oxidation sites excluding steroid dienone is 2. The molecule has 0 unspecified atom stereocenters. The maximum Gasteiger partial charge on any atom is 0.343 e. The van der Waals surface area contributed by atoms with Crippen molar-refractivity contribution in [3.05, 3.63) is 113 Å². The number of carbonyl (C=O) groups excluding carboxylic acids is 3. The summed E-state index contributed by atoms with van der Waals surface area (Å²) in [6.07, 6.45) is 1.72. The van der Waals surface area contributed by atoms with Crippen molar-refractivity contribution in [2.24, 2.45) is 0 Å². The molecule has 1 aliphatic rings. The molecule has 37 heavy (non-hydrogen) atoms. The van der Waals surface area contributed by atoms with E-state index in [0.717, 1.165) is 16.8 Å². The number of ketones is 1. The highest BCUT2D eigenvalue weighted by Gasteiger charge is 2.38. The van der Waals surface area contributed by atoms with Gasteiger partial charge in [-0.2, -0.15) is 0 Å². The van der Waals surface area contributed by atoms with Crippen LogP contribution in [-0.4, -0.2) is 31.4 Å². The predicted octanol–water partition coefficient (Wildman–Crippen LogP) is 4.82. The first kappa shape index (κ1) is 25.4. The average Bonchev–Trinajstić information content (AvgIpc) is 3.17. The largest absolute Gasteiger partial charge is 0.484 e. The first-order chi connectivity index (χ1) is 17.9. The summed E-state index contributed by atoms with van der Waals surface area (Å²) < 4.78 is 10.5. The number of nitrogens with zero attached hydrogens (tertiary/aromatic N) is 1. The number of rotatable bonds is 8. The van der Waals surface area contributed by atoms with Crippen LogP contribution in [0.25, 0.3) is 6.08 Å². The summed E-state index contributed by atoms with van der Waals surface area (Å²) in [6, 6.07) is 25.9. The summed E-state index contributed by atoms with van der Waals surface area (Å²) >= 11 is 0. The Morgan fingerprint density at radius 2 is 1.57 bits per heavy atom. The minimum Gasteiger partial charge on any atom is -0.484 e. The van der Waals surface area contributed by atoms with Gasteiger partial charge >= 0.3 is 5.97 Å². The summed E-state index contributed by atoms with van der Waals surface area (Å²) in [5.41, 5.74) is 3.36. The number of Topliss-reactive ketones (excluding diaryl/α,β-unsaturated/α-hetero) is 1. The molecule has 0 aliphatic carbocycles. The lowest BCUT2D eigenvalue weighted by Gasteiger charge is -2.21. The van der Waals surface area contributed by atoms with Crippen molar-refractivity contribution < 1.29 is 23.9 Å². The number of ether oxygens (including phenoxy) is 2. The summed E-state index contributed by atoms with van der Waals surface area (Å²) in [7, 11) is 1.26. The molecule has 0 spiro atoms. The molecule has 1 heterocycles. The van der Waals surface area contributed by atoms with Crippen LogP contribution < -0.4 is 15.0 Å². The molecule has 7 heteroatoms. The third-order valence-corrected chi connectivity index (χ3v) is 6.03. The lowest BCUT2D eigenvalue weighted by atomic mass is 10.1. The Labute approximate surface area is 216 Å². The third kappa shape index (κ3) is 5.78. The van der Waals surface area contributed by atoms with Crippen molar-refractivity contribution in [1.29, 1.82) is 0 Å². The number of benzene rings is 3. The number of hydrogen-bond donors (Lipinski definition) is 1. The van der Waals surface area contributed by atoms with E-state index in [1.54, 1.807) is 42.2 Å². The van der Waals surface area contributed by atoms with Gasteiger partial charge in [-0.1, -0.05) is 60.7 Å². The Morgan fingerprint density at radius 1 is 0.946 bits per heavy atom. The molecule has 1 amide bonds. The monoisotopic (exact) mass is 496 g/mol. The molecule has 0 bridgehead atoms. The number of nitrogens with one attached hydrogen (secondary N) is 1. The number of hydrogen-bond acceptors (Lipinski definition) is 6. The Kier molecular flexibility index (Phi) is 7.83. The molecule has 0 radical (unpaired) electrons. The van der Waals surface area contributed by atoms with Crippen molar-refractivity contribution in [2.75, 3.05) is 18.6 Å². The number of methoxy groups -OCH3 is 1. The Morgan fingerprint density at radius 3 is 2.19 bits per heavy atom. The lowest BCUT2D eigenvalue weighted by Crippen LogP contribution is -2.31. The van der Waals surface area contributed by atoms with Gasteiger partial charge in [0.25, 0.3) is 5.91 Å². The second-order valence-electron chi connectivity index (χ2n) is 8.54. The predicted molar refractivity (Wildman–Crippen MR) is 142 cm³/mol. The van der Waals surface area contributed by atoms with E-state index in [0.29, 0.717) is 17.1 Å². The lowest BCUT2D eigenvalue weighted by molar-refractivity contribution is -0.137. The zero-order chi connectivity index (χ0) is 26.4. The molecule has 1 N–H and O–H groups in total. The summed E-state index contributed by atoms with van der Waals surface area (Å²) in [5.74, 6) is -0.783. The Balaban J connectivity index is 1.47. The van der Waals surface area contributed by atoms with Crippen molar-refractivity contribution >= 4 is 29.4 Å². The molecule has 3 aromatic carbocycles. The fourth-order valence-electron chi connectivity index (χ4n) is 4.14. The molecule has 0 aromatic heterocycles. The number of amides is 1. The smallest absolute Gasteiger partial charge is 0.343 e. The molecule has 0 fully saturated rings. The number of anilines is 1. The summed E-state index contributed by atoms with van der Waals surface area (Å²) in [6.45, 7) is 3.52. The highest BCUT2D eigenvalue weighted by Crippen LogP contribution is 2.35. The van der Waals surface area contributed by atoms with Crippen LogP contribution in [0.5, 0.6) is 5.75 Å². The average molecular weight is 497 g/mol. The maximum atomic E-state index is 13.2. The van der Waals surface area contributed by atoms with Crippen LogP contribution in [0, 0.1) is 0 Å². The molecule has 3 aromatic rings. The van der Waals surface area contributed by atoms with Gasteiger partial charge in [0.1, 0.15) is 11.3 Å². The number of esters is 1. The Bertz CT molecular complexity index is 1350. The molecule has 4 rings (SSSR count). The van der Waals surface area contributed by atoms with Gasteiger partial charge < -0.3 is 19.7 Å². The summed E-state index contributed by atoms with van der Waals surface area (Å²) in [4.78, 5) is 39.6. The van der Waals surface area contributed by atoms with Crippen LogP contribution in [0.15, 0.2) is 102 Å². The van der Waals surface area contributed by atoms with Crippen LogP contribution in [0.3, 0.4) is 0 Å². The zero-order valence-electron chi connectivity index (χ0n) is 20.9. The normalized spacial score (nSPS) is 15.1. The van der Waals surface area contributed by atoms with Crippen molar-refractivity contribution in [3.8, 4) is 5.75 Å². The quantitative estimate of drug-likeness (QED) is 0.273. The molecule has 1 aliphatic heterocycles. The molecule has 0 saturated carbocycles. The van der Waals surface area contributed by atoms with E-state index in [9.17, 15) is 14.4 Å². The fourth-order valence-corrected chi connectivity index (χ4v) is 4.14. The fraction of sp³-hybridized carbons (Fsp3) is 0.167. The first-order valence-corrected chi connectivity index (χ1v) is 11.9. The van der Waals surface area contributed by atoms with Gasteiger partial charge in [-0.3, -0.25) is 9.59 Å². The van der Waals surface area contributed by atoms with Gasteiger partial charge in [-0.25, -0.2) is 4.79 Å². The molecule has 7 nitrogen and oxygen atoms in total. The maximum absolute atomic E-state index is 13.2. The van der Waals surface area contributed by atoms with E-state index in [4.69, 9.17) is 9.47 Å². The summed E-state index contributed by atoms with van der Waals surface area (Å²) in [5, 5.41) is 2.91. The van der Waals surface area contributed by atoms with E-state index in [1.165, 1.54) is 7.11 Å². The first-order valence-electron chi connectivity index (χ1n) is 11.9. The van der Waals surface area contributed by atoms with Crippen molar-refractivity contribution in [1.82, 2.24) is 5.32 Å². The van der Waals surface area contributed by atoms with Gasteiger partial charge in [0.2, 0.25) is 5.78 Å². The number of carbonyl (C=O) groups is 3. The highest BCUT2D eigenvalue weighted by atomic mass is 16.5. The topological polar surface area (TPSA) is 84.9 Å². The van der Waals surface area contributed by atoms with Crippen molar-refractivity contribution in [2.45, 2.75) is 19.9 Å². The minimum atomic E-state index is -0.671. The van der Waals surface area contributed by atoms with Gasteiger partial charge in [0.05, 0.1) is 18.8 Å². The van der Waals surface area contributed by atoms with Gasteiger partial charge in [-0.05, 0) is 55.3 Å². The molecule has 1 atom stereocenters. The van der Waals surface area contributed by atoms with E-state index in [2.05, 4.69) is 5.32 Å². The van der Waals surface area contributed by atoms with Crippen LogP contribution in [0.1, 0.15) is 31.0 Å². The SMILES string of the molecule is COC(=O)C1=C(C)N(c2ccccc2)/C(=C\c2ccc(OCC(=O)N[C@@H](C)c3ccccc3)cc2)C1=O. The van der Waals surface area contributed by atoms with Crippen LogP contribution in [0.2, 0.25) is 0 Å². The molecule has 188 valence electrons.